The fourth-order valence-corrected chi connectivity index (χ4v) is 3.99. The molecule has 1 heterocycles. The molecule has 3 rings (SSSR count). The molecule has 1 atom stereocenters. The number of hydrogen-bond donors (Lipinski definition) is 1. The molecular formula is C21H24N2O2S. The van der Waals surface area contributed by atoms with E-state index in [0.29, 0.717) is 13.0 Å². The SMILES string of the molecule is CC(NC(=O)CCCSc1ccccc1)C(=O)N1CCc2ccccc21. The maximum atomic E-state index is 12.7. The Morgan fingerprint density at radius 3 is 2.65 bits per heavy atom. The first-order valence-electron chi connectivity index (χ1n) is 9.01. The highest BCUT2D eigenvalue weighted by atomic mass is 32.2. The Hall–Kier alpha value is -2.27. The number of thioether (sulfide) groups is 1. The lowest BCUT2D eigenvalue weighted by Crippen LogP contribution is -2.46. The predicted molar refractivity (Wildman–Crippen MR) is 107 cm³/mol. The zero-order valence-corrected chi connectivity index (χ0v) is 15.8. The number of fused-ring (bicyclic) bond motifs is 1. The summed E-state index contributed by atoms with van der Waals surface area (Å²) in [7, 11) is 0. The normalized spacial score (nSPS) is 14.0. The van der Waals surface area contributed by atoms with Crippen molar-refractivity contribution in [2.24, 2.45) is 0 Å². The quantitative estimate of drug-likeness (QED) is 0.599. The molecule has 0 saturated carbocycles. The summed E-state index contributed by atoms with van der Waals surface area (Å²) in [6.45, 7) is 2.45. The van der Waals surface area contributed by atoms with Gasteiger partial charge in [0.05, 0.1) is 0 Å². The van der Waals surface area contributed by atoms with Crippen LogP contribution in [0.15, 0.2) is 59.5 Å². The molecule has 2 amide bonds. The van der Waals surface area contributed by atoms with Crippen molar-refractivity contribution in [2.75, 3.05) is 17.2 Å². The number of amides is 2. The molecule has 136 valence electrons. The molecule has 0 aliphatic carbocycles. The van der Waals surface area contributed by atoms with Crippen molar-refractivity contribution in [2.45, 2.75) is 37.1 Å². The average Bonchev–Trinajstić information content (AvgIpc) is 3.09. The molecule has 1 aliphatic heterocycles. The van der Waals surface area contributed by atoms with Crippen molar-refractivity contribution >= 4 is 29.3 Å². The fraction of sp³-hybridized carbons (Fsp3) is 0.333. The number of benzene rings is 2. The third-order valence-electron chi connectivity index (χ3n) is 4.46. The van der Waals surface area contributed by atoms with Crippen LogP contribution < -0.4 is 10.2 Å². The number of nitrogens with one attached hydrogen (secondary N) is 1. The van der Waals surface area contributed by atoms with Crippen LogP contribution in [0.3, 0.4) is 0 Å². The summed E-state index contributed by atoms with van der Waals surface area (Å²) in [4.78, 5) is 27.8. The van der Waals surface area contributed by atoms with Gasteiger partial charge in [-0.3, -0.25) is 9.59 Å². The van der Waals surface area contributed by atoms with Crippen LogP contribution in [0.25, 0.3) is 0 Å². The van der Waals surface area contributed by atoms with Gasteiger partial charge in [-0.2, -0.15) is 0 Å². The average molecular weight is 369 g/mol. The van der Waals surface area contributed by atoms with E-state index in [1.807, 2.05) is 36.4 Å². The summed E-state index contributed by atoms with van der Waals surface area (Å²) in [5, 5.41) is 2.85. The Kier molecular flexibility index (Phi) is 6.34. The van der Waals surface area contributed by atoms with E-state index < -0.39 is 6.04 Å². The molecule has 1 aliphatic rings. The molecule has 2 aromatic carbocycles. The molecule has 0 fully saturated rings. The van der Waals surface area contributed by atoms with Gasteiger partial charge in [0.15, 0.2) is 0 Å². The molecule has 2 aromatic rings. The number of nitrogens with zero attached hydrogens (tertiary/aromatic N) is 1. The van der Waals surface area contributed by atoms with Gasteiger partial charge in [-0.25, -0.2) is 0 Å². The maximum Gasteiger partial charge on any atom is 0.249 e. The van der Waals surface area contributed by atoms with Crippen molar-refractivity contribution in [3.8, 4) is 0 Å². The third kappa shape index (κ3) is 4.67. The summed E-state index contributed by atoms with van der Waals surface area (Å²) in [6.07, 6.45) is 2.10. The van der Waals surface area contributed by atoms with Crippen LogP contribution >= 0.6 is 11.8 Å². The second kappa shape index (κ2) is 8.90. The maximum absolute atomic E-state index is 12.7. The number of anilines is 1. The molecule has 5 heteroatoms. The van der Waals surface area contributed by atoms with Crippen molar-refractivity contribution in [1.29, 1.82) is 0 Å². The molecular weight excluding hydrogens is 344 g/mol. The third-order valence-corrected chi connectivity index (χ3v) is 5.56. The monoisotopic (exact) mass is 368 g/mol. The Balaban J connectivity index is 1.42. The van der Waals surface area contributed by atoms with Crippen LogP contribution in [0.5, 0.6) is 0 Å². The summed E-state index contributed by atoms with van der Waals surface area (Å²) in [5.74, 6) is 0.785. The van der Waals surface area contributed by atoms with E-state index in [1.54, 1.807) is 23.6 Å². The first-order chi connectivity index (χ1) is 12.6. The fourth-order valence-electron chi connectivity index (χ4n) is 3.12. The highest BCUT2D eigenvalue weighted by Crippen LogP contribution is 2.27. The molecule has 4 nitrogen and oxygen atoms in total. The molecule has 0 saturated heterocycles. The molecule has 0 bridgehead atoms. The predicted octanol–water partition coefficient (Wildman–Crippen LogP) is 3.65. The molecule has 0 spiro atoms. The van der Waals surface area contributed by atoms with E-state index in [2.05, 4.69) is 23.5 Å². The Labute approximate surface area is 159 Å². The van der Waals surface area contributed by atoms with Crippen molar-refractivity contribution < 1.29 is 9.59 Å². The Bertz CT molecular complexity index is 764. The second-order valence-corrected chi connectivity index (χ2v) is 7.59. The lowest BCUT2D eigenvalue weighted by Gasteiger charge is -2.22. The minimum atomic E-state index is -0.504. The number of para-hydroxylation sites is 1. The van der Waals surface area contributed by atoms with E-state index >= 15 is 0 Å². The van der Waals surface area contributed by atoms with Crippen molar-refractivity contribution in [3.63, 3.8) is 0 Å². The van der Waals surface area contributed by atoms with Gasteiger partial charge in [0.2, 0.25) is 11.8 Å². The van der Waals surface area contributed by atoms with E-state index in [9.17, 15) is 9.59 Å². The van der Waals surface area contributed by atoms with Crippen LogP contribution in [-0.4, -0.2) is 30.2 Å². The molecule has 26 heavy (non-hydrogen) atoms. The topological polar surface area (TPSA) is 49.4 Å². The van der Waals surface area contributed by atoms with Crippen LogP contribution in [0.4, 0.5) is 5.69 Å². The number of rotatable bonds is 7. The van der Waals surface area contributed by atoms with Gasteiger partial charge in [0, 0.05) is 23.5 Å². The smallest absolute Gasteiger partial charge is 0.249 e. The van der Waals surface area contributed by atoms with Gasteiger partial charge in [-0.05, 0) is 49.3 Å². The van der Waals surface area contributed by atoms with Gasteiger partial charge in [0.25, 0.3) is 0 Å². The summed E-state index contributed by atoms with van der Waals surface area (Å²) in [5.41, 5.74) is 2.16. The van der Waals surface area contributed by atoms with Gasteiger partial charge in [-0.15, -0.1) is 11.8 Å². The lowest BCUT2D eigenvalue weighted by atomic mass is 10.2. The highest BCUT2D eigenvalue weighted by molar-refractivity contribution is 7.99. The number of carbonyl (C=O) groups is 2. The Morgan fingerprint density at radius 1 is 1.12 bits per heavy atom. The van der Waals surface area contributed by atoms with E-state index in [-0.39, 0.29) is 11.8 Å². The first-order valence-corrected chi connectivity index (χ1v) is 10.00. The van der Waals surface area contributed by atoms with Gasteiger partial charge in [0.1, 0.15) is 6.04 Å². The van der Waals surface area contributed by atoms with Crippen molar-refractivity contribution in [3.05, 3.63) is 60.2 Å². The first kappa shape index (κ1) is 18.5. The summed E-state index contributed by atoms with van der Waals surface area (Å²) < 4.78 is 0. The molecule has 1 unspecified atom stereocenters. The minimum absolute atomic E-state index is 0.0399. The van der Waals surface area contributed by atoms with Gasteiger partial charge in [-0.1, -0.05) is 36.4 Å². The zero-order chi connectivity index (χ0) is 18.4. The zero-order valence-electron chi connectivity index (χ0n) is 15.0. The minimum Gasteiger partial charge on any atom is -0.345 e. The van der Waals surface area contributed by atoms with Crippen LogP contribution in [-0.2, 0) is 16.0 Å². The molecule has 0 aromatic heterocycles. The molecule has 0 radical (unpaired) electrons. The number of hydrogen-bond acceptors (Lipinski definition) is 3. The second-order valence-electron chi connectivity index (χ2n) is 6.42. The van der Waals surface area contributed by atoms with E-state index in [0.717, 1.165) is 24.3 Å². The standard InChI is InChI=1S/C21H24N2O2S/c1-16(21(25)23-14-13-17-8-5-6-11-19(17)23)22-20(24)12-7-15-26-18-9-3-2-4-10-18/h2-6,8-11,16H,7,12-15H2,1H3,(H,22,24). The van der Waals surface area contributed by atoms with Crippen molar-refractivity contribution in [1.82, 2.24) is 5.32 Å². The largest absolute Gasteiger partial charge is 0.345 e. The van der Waals surface area contributed by atoms with E-state index in [1.165, 1.54) is 10.5 Å². The highest BCUT2D eigenvalue weighted by Gasteiger charge is 2.28. The summed E-state index contributed by atoms with van der Waals surface area (Å²) in [6, 6.07) is 17.6. The van der Waals surface area contributed by atoms with Gasteiger partial charge < -0.3 is 10.2 Å². The molecule has 1 N–H and O–H groups in total. The van der Waals surface area contributed by atoms with Crippen LogP contribution in [0.1, 0.15) is 25.3 Å². The van der Waals surface area contributed by atoms with Crippen LogP contribution in [0.2, 0.25) is 0 Å². The number of carbonyl (C=O) groups excluding carboxylic acids is 2. The Morgan fingerprint density at radius 2 is 1.85 bits per heavy atom. The van der Waals surface area contributed by atoms with E-state index in [4.69, 9.17) is 0 Å². The lowest BCUT2D eigenvalue weighted by molar-refractivity contribution is -0.127. The van der Waals surface area contributed by atoms with Gasteiger partial charge >= 0.3 is 0 Å². The summed E-state index contributed by atoms with van der Waals surface area (Å²) >= 11 is 1.75. The van der Waals surface area contributed by atoms with Crippen LogP contribution in [0, 0.1) is 0 Å².